The Labute approximate surface area is 119 Å². The fraction of sp³-hybridized carbons (Fsp3) is 0.333. The molecule has 0 aliphatic heterocycles. The monoisotopic (exact) mass is 273 g/mol. The molecule has 0 atom stereocenters. The number of methoxy groups -OCH3 is 2. The van der Waals surface area contributed by atoms with E-state index in [0.717, 1.165) is 17.7 Å². The van der Waals surface area contributed by atoms with Gasteiger partial charge in [-0.1, -0.05) is 25.1 Å². The van der Waals surface area contributed by atoms with Crippen LogP contribution in [0.4, 0.5) is 5.69 Å². The van der Waals surface area contributed by atoms with E-state index in [4.69, 9.17) is 9.47 Å². The van der Waals surface area contributed by atoms with Gasteiger partial charge in [-0.05, 0) is 18.1 Å². The van der Waals surface area contributed by atoms with Crippen LogP contribution in [0.15, 0.2) is 30.6 Å². The number of nitrogens with zero attached hydrogens (tertiary/aromatic N) is 2. The van der Waals surface area contributed by atoms with Crippen molar-refractivity contribution in [1.29, 1.82) is 0 Å². The second-order valence-corrected chi connectivity index (χ2v) is 4.24. The van der Waals surface area contributed by atoms with Crippen molar-refractivity contribution in [3.63, 3.8) is 0 Å². The van der Waals surface area contributed by atoms with Gasteiger partial charge in [0.15, 0.2) is 0 Å². The average Bonchev–Trinajstić information content (AvgIpc) is 2.52. The van der Waals surface area contributed by atoms with E-state index in [0.29, 0.717) is 18.3 Å². The molecule has 5 nitrogen and oxygen atoms in total. The molecule has 1 aromatic heterocycles. The summed E-state index contributed by atoms with van der Waals surface area (Å²) in [6.07, 6.45) is 2.41. The van der Waals surface area contributed by atoms with Crippen LogP contribution in [0.1, 0.15) is 18.1 Å². The van der Waals surface area contributed by atoms with Gasteiger partial charge >= 0.3 is 0 Å². The second-order valence-electron chi connectivity index (χ2n) is 4.24. The lowest BCUT2D eigenvalue weighted by Gasteiger charge is -2.14. The molecule has 0 bridgehead atoms. The molecule has 20 heavy (non-hydrogen) atoms. The summed E-state index contributed by atoms with van der Waals surface area (Å²) in [6, 6.07) is 8.22. The Kier molecular flexibility index (Phi) is 4.76. The maximum Gasteiger partial charge on any atom is 0.225 e. The third kappa shape index (κ3) is 2.99. The van der Waals surface area contributed by atoms with Crippen molar-refractivity contribution < 1.29 is 9.47 Å². The summed E-state index contributed by atoms with van der Waals surface area (Å²) in [4.78, 5) is 8.21. The second kappa shape index (κ2) is 6.75. The molecule has 0 unspecified atom stereocenters. The topological polar surface area (TPSA) is 56.3 Å². The number of aromatic nitrogens is 2. The van der Waals surface area contributed by atoms with E-state index >= 15 is 0 Å². The molecule has 0 amide bonds. The Balaban J connectivity index is 2.22. The van der Waals surface area contributed by atoms with E-state index in [1.807, 2.05) is 12.1 Å². The molecule has 0 aliphatic carbocycles. The van der Waals surface area contributed by atoms with Gasteiger partial charge in [0.25, 0.3) is 0 Å². The van der Waals surface area contributed by atoms with Crippen LogP contribution >= 0.6 is 0 Å². The van der Waals surface area contributed by atoms with Gasteiger partial charge in [-0.2, -0.15) is 0 Å². The van der Waals surface area contributed by atoms with Crippen molar-refractivity contribution in [3.05, 3.63) is 41.7 Å². The molecule has 0 spiro atoms. The van der Waals surface area contributed by atoms with Crippen molar-refractivity contribution in [3.8, 4) is 11.8 Å². The van der Waals surface area contributed by atoms with Crippen molar-refractivity contribution in [1.82, 2.24) is 9.97 Å². The standard InChI is InChI=1S/C15H19N3O2/c1-4-11-7-5-6-8-13(11)16-9-12-14(19-2)17-10-18-15(12)20-3/h5-8,10,16H,4,9H2,1-3H3. The molecule has 1 heterocycles. The predicted octanol–water partition coefficient (Wildman–Crippen LogP) is 2.67. The minimum Gasteiger partial charge on any atom is -0.481 e. The number of para-hydroxylation sites is 1. The Morgan fingerprint density at radius 1 is 1.05 bits per heavy atom. The zero-order valence-electron chi connectivity index (χ0n) is 12.0. The third-order valence-corrected chi connectivity index (χ3v) is 3.11. The Morgan fingerprint density at radius 3 is 2.30 bits per heavy atom. The molecule has 5 heteroatoms. The van der Waals surface area contributed by atoms with Crippen LogP contribution in [-0.4, -0.2) is 24.2 Å². The lowest BCUT2D eigenvalue weighted by molar-refractivity contribution is 0.363. The largest absolute Gasteiger partial charge is 0.481 e. The summed E-state index contributed by atoms with van der Waals surface area (Å²) in [5.41, 5.74) is 3.17. The van der Waals surface area contributed by atoms with Crippen LogP contribution in [0.25, 0.3) is 0 Å². The van der Waals surface area contributed by atoms with Crippen molar-refractivity contribution >= 4 is 5.69 Å². The molecule has 0 saturated heterocycles. The highest BCUT2D eigenvalue weighted by Gasteiger charge is 2.12. The minimum atomic E-state index is 0.526. The first-order valence-electron chi connectivity index (χ1n) is 6.53. The van der Waals surface area contributed by atoms with E-state index in [1.54, 1.807) is 14.2 Å². The van der Waals surface area contributed by atoms with Crippen LogP contribution in [0.3, 0.4) is 0 Å². The fourth-order valence-electron chi connectivity index (χ4n) is 2.07. The SMILES string of the molecule is CCc1ccccc1NCc1c(OC)ncnc1OC. The average molecular weight is 273 g/mol. The third-order valence-electron chi connectivity index (χ3n) is 3.11. The van der Waals surface area contributed by atoms with Crippen molar-refractivity contribution in [2.75, 3.05) is 19.5 Å². The smallest absolute Gasteiger partial charge is 0.225 e. The Hall–Kier alpha value is -2.30. The van der Waals surface area contributed by atoms with E-state index in [9.17, 15) is 0 Å². The van der Waals surface area contributed by atoms with Gasteiger partial charge < -0.3 is 14.8 Å². The van der Waals surface area contributed by atoms with E-state index in [-0.39, 0.29) is 0 Å². The number of aryl methyl sites for hydroxylation is 1. The first kappa shape index (κ1) is 14.1. The van der Waals surface area contributed by atoms with Crippen LogP contribution in [0.2, 0.25) is 0 Å². The number of hydrogen-bond acceptors (Lipinski definition) is 5. The van der Waals surface area contributed by atoms with Gasteiger partial charge in [-0.15, -0.1) is 0 Å². The number of benzene rings is 1. The van der Waals surface area contributed by atoms with Crippen LogP contribution in [-0.2, 0) is 13.0 Å². The molecule has 1 aromatic carbocycles. The highest BCUT2D eigenvalue weighted by molar-refractivity contribution is 5.52. The first-order valence-corrected chi connectivity index (χ1v) is 6.53. The molecule has 106 valence electrons. The predicted molar refractivity (Wildman–Crippen MR) is 78.3 cm³/mol. The van der Waals surface area contributed by atoms with Crippen molar-refractivity contribution in [2.45, 2.75) is 19.9 Å². The van der Waals surface area contributed by atoms with Gasteiger partial charge in [0.05, 0.1) is 26.3 Å². The maximum atomic E-state index is 5.26. The summed E-state index contributed by atoms with van der Waals surface area (Å²) >= 11 is 0. The minimum absolute atomic E-state index is 0.526. The highest BCUT2D eigenvalue weighted by Crippen LogP contribution is 2.25. The number of rotatable bonds is 6. The van der Waals surface area contributed by atoms with Crippen LogP contribution in [0.5, 0.6) is 11.8 Å². The number of hydrogen-bond donors (Lipinski definition) is 1. The lowest BCUT2D eigenvalue weighted by atomic mass is 10.1. The molecule has 2 aromatic rings. The van der Waals surface area contributed by atoms with Gasteiger partial charge in [-0.25, -0.2) is 9.97 Å². The van der Waals surface area contributed by atoms with E-state index in [2.05, 4.69) is 34.3 Å². The summed E-state index contributed by atoms with van der Waals surface area (Å²) in [7, 11) is 3.18. The fourth-order valence-corrected chi connectivity index (χ4v) is 2.07. The molecule has 1 N–H and O–H groups in total. The summed E-state index contributed by atoms with van der Waals surface area (Å²) in [5, 5.41) is 3.39. The van der Waals surface area contributed by atoms with E-state index < -0.39 is 0 Å². The lowest BCUT2D eigenvalue weighted by Crippen LogP contribution is -2.07. The van der Waals surface area contributed by atoms with Crippen LogP contribution < -0.4 is 14.8 Å². The molecule has 0 fully saturated rings. The number of anilines is 1. The summed E-state index contributed by atoms with van der Waals surface area (Å²) < 4.78 is 10.5. The molecule has 0 radical (unpaired) electrons. The van der Waals surface area contributed by atoms with Crippen molar-refractivity contribution in [2.24, 2.45) is 0 Å². The van der Waals surface area contributed by atoms with Gasteiger partial charge in [-0.3, -0.25) is 0 Å². The summed E-state index contributed by atoms with van der Waals surface area (Å²) in [5.74, 6) is 1.05. The molecular formula is C15H19N3O2. The number of nitrogens with one attached hydrogen (secondary N) is 1. The van der Waals surface area contributed by atoms with Gasteiger partial charge in [0, 0.05) is 5.69 Å². The molecule has 2 rings (SSSR count). The number of ether oxygens (including phenoxy) is 2. The van der Waals surface area contributed by atoms with E-state index in [1.165, 1.54) is 11.9 Å². The Bertz CT molecular complexity index is 551. The van der Waals surface area contributed by atoms with Gasteiger partial charge in [0.1, 0.15) is 6.33 Å². The molecule has 0 aliphatic rings. The first-order chi connectivity index (χ1) is 9.80. The quantitative estimate of drug-likeness (QED) is 0.877. The van der Waals surface area contributed by atoms with Gasteiger partial charge in [0.2, 0.25) is 11.8 Å². The zero-order valence-corrected chi connectivity index (χ0v) is 12.0. The molecule has 0 saturated carbocycles. The zero-order chi connectivity index (χ0) is 14.4. The molecular weight excluding hydrogens is 254 g/mol. The normalized spacial score (nSPS) is 10.2. The summed E-state index contributed by atoms with van der Waals surface area (Å²) in [6.45, 7) is 2.68. The maximum absolute atomic E-state index is 5.26. The highest BCUT2D eigenvalue weighted by atomic mass is 16.5. The van der Waals surface area contributed by atoms with Crippen LogP contribution in [0, 0.1) is 0 Å². The Morgan fingerprint density at radius 2 is 1.70 bits per heavy atom.